The minimum atomic E-state index is -0.576. The molecule has 2 heterocycles. The van der Waals surface area contributed by atoms with Gasteiger partial charge in [-0.25, -0.2) is 4.79 Å². The second-order valence-electron chi connectivity index (χ2n) is 5.78. The summed E-state index contributed by atoms with van der Waals surface area (Å²) in [5.74, 6) is -0.221. The van der Waals surface area contributed by atoms with Crippen molar-refractivity contribution in [3.8, 4) is 0 Å². The second-order valence-corrected chi connectivity index (χ2v) is 5.78. The van der Waals surface area contributed by atoms with E-state index in [9.17, 15) is 9.59 Å². The maximum atomic E-state index is 12.4. The van der Waals surface area contributed by atoms with Crippen LogP contribution in [0.3, 0.4) is 0 Å². The highest BCUT2D eigenvalue weighted by molar-refractivity contribution is 6.04. The number of aromatic nitrogens is 2. The first-order valence-electron chi connectivity index (χ1n) is 7.70. The Kier molecular flexibility index (Phi) is 4.47. The quantitative estimate of drug-likeness (QED) is 0.734. The standard InChI is InChI=1S/C18H17N3O4/c1-10-4-5-15-13(6-10)14(7-11(2)19-15)18(23)24-9-17(22)20-16-8-12(3)25-21-16/h4-8H,9H2,1-3H3,(H,20,21,22). The molecule has 0 atom stereocenters. The number of carbonyl (C=O) groups excluding carboxylic acids is 2. The van der Waals surface area contributed by atoms with E-state index in [0.717, 1.165) is 5.56 Å². The summed E-state index contributed by atoms with van der Waals surface area (Å²) >= 11 is 0. The van der Waals surface area contributed by atoms with E-state index in [1.54, 1.807) is 26.0 Å². The predicted octanol–water partition coefficient (Wildman–Crippen LogP) is 2.94. The molecule has 25 heavy (non-hydrogen) atoms. The summed E-state index contributed by atoms with van der Waals surface area (Å²) in [6.07, 6.45) is 0. The van der Waals surface area contributed by atoms with Crippen molar-refractivity contribution in [3.63, 3.8) is 0 Å². The van der Waals surface area contributed by atoms with E-state index < -0.39 is 18.5 Å². The number of pyridine rings is 1. The number of nitrogens with one attached hydrogen (secondary N) is 1. The summed E-state index contributed by atoms with van der Waals surface area (Å²) < 4.78 is 9.99. The number of nitrogens with zero attached hydrogens (tertiary/aromatic N) is 2. The zero-order valence-electron chi connectivity index (χ0n) is 14.1. The van der Waals surface area contributed by atoms with Crippen LogP contribution in [0.2, 0.25) is 0 Å². The maximum absolute atomic E-state index is 12.4. The molecular weight excluding hydrogens is 322 g/mol. The Morgan fingerprint density at radius 3 is 2.68 bits per heavy atom. The fraction of sp³-hybridized carbons (Fsp3) is 0.222. The lowest BCUT2D eigenvalue weighted by Gasteiger charge is -2.09. The zero-order valence-corrected chi connectivity index (χ0v) is 14.1. The molecule has 3 rings (SSSR count). The number of hydrogen-bond donors (Lipinski definition) is 1. The van der Waals surface area contributed by atoms with Gasteiger partial charge in [0.15, 0.2) is 12.4 Å². The second kappa shape index (κ2) is 6.72. The number of benzene rings is 1. The van der Waals surface area contributed by atoms with Crippen LogP contribution in [-0.4, -0.2) is 28.6 Å². The molecule has 1 aromatic carbocycles. The van der Waals surface area contributed by atoms with Crippen LogP contribution >= 0.6 is 0 Å². The number of hydrogen-bond acceptors (Lipinski definition) is 6. The van der Waals surface area contributed by atoms with E-state index in [4.69, 9.17) is 9.26 Å². The lowest BCUT2D eigenvalue weighted by atomic mass is 10.1. The van der Waals surface area contributed by atoms with Gasteiger partial charge >= 0.3 is 5.97 Å². The number of amides is 1. The van der Waals surface area contributed by atoms with Crippen molar-refractivity contribution in [1.82, 2.24) is 10.1 Å². The van der Waals surface area contributed by atoms with E-state index in [0.29, 0.717) is 27.9 Å². The van der Waals surface area contributed by atoms with Crippen LogP contribution in [0.15, 0.2) is 34.9 Å². The van der Waals surface area contributed by atoms with Crippen molar-refractivity contribution in [3.05, 3.63) is 52.9 Å². The summed E-state index contributed by atoms with van der Waals surface area (Å²) in [5, 5.41) is 6.84. The molecule has 7 heteroatoms. The molecule has 3 aromatic rings. The van der Waals surface area contributed by atoms with Gasteiger partial charge in [0.25, 0.3) is 5.91 Å². The van der Waals surface area contributed by atoms with Gasteiger partial charge in [-0.1, -0.05) is 16.8 Å². The molecule has 2 aromatic heterocycles. The highest BCUT2D eigenvalue weighted by Crippen LogP contribution is 2.21. The number of ether oxygens (including phenoxy) is 1. The van der Waals surface area contributed by atoms with E-state index in [1.807, 2.05) is 25.1 Å². The number of aryl methyl sites for hydroxylation is 3. The molecule has 0 fully saturated rings. The lowest BCUT2D eigenvalue weighted by Crippen LogP contribution is -2.21. The lowest BCUT2D eigenvalue weighted by molar-refractivity contribution is -0.119. The highest BCUT2D eigenvalue weighted by Gasteiger charge is 2.16. The Hall–Kier alpha value is -3.22. The number of fused-ring (bicyclic) bond motifs is 1. The third-order valence-electron chi connectivity index (χ3n) is 3.54. The molecule has 0 aliphatic heterocycles. The van der Waals surface area contributed by atoms with Crippen molar-refractivity contribution in [2.24, 2.45) is 0 Å². The summed E-state index contributed by atoms with van der Waals surface area (Å²) in [4.78, 5) is 28.7. The summed E-state index contributed by atoms with van der Waals surface area (Å²) in [6, 6.07) is 8.88. The highest BCUT2D eigenvalue weighted by atomic mass is 16.5. The first-order chi connectivity index (χ1) is 11.9. The predicted molar refractivity (Wildman–Crippen MR) is 91.4 cm³/mol. The van der Waals surface area contributed by atoms with Crippen molar-refractivity contribution in [2.75, 3.05) is 11.9 Å². The van der Waals surface area contributed by atoms with Crippen LogP contribution in [0.4, 0.5) is 5.82 Å². The smallest absolute Gasteiger partial charge is 0.339 e. The van der Waals surface area contributed by atoms with Gasteiger partial charge in [-0.2, -0.15) is 0 Å². The fourth-order valence-electron chi connectivity index (χ4n) is 2.45. The molecule has 0 saturated carbocycles. The van der Waals surface area contributed by atoms with Gasteiger partial charge in [-0.15, -0.1) is 0 Å². The Morgan fingerprint density at radius 1 is 1.16 bits per heavy atom. The molecule has 0 radical (unpaired) electrons. The van der Waals surface area contributed by atoms with E-state index in [2.05, 4.69) is 15.5 Å². The topological polar surface area (TPSA) is 94.3 Å². The van der Waals surface area contributed by atoms with Gasteiger partial charge in [0, 0.05) is 17.1 Å². The van der Waals surface area contributed by atoms with Gasteiger partial charge in [-0.05, 0) is 39.0 Å². The molecule has 0 aliphatic rings. The first kappa shape index (κ1) is 16.6. The fourth-order valence-corrected chi connectivity index (χ4v) is 2.45. The Bertz CT molecular complexity index is 962. The Labute approximate surface area is 144 Å². The monoisotopic (exact) mass is 339 g/mol. The SMILES string of the molecule is Cc1ccc2nc(C)cc(C(=O)OCC(=O)Nc3cc(C)on3)c2c1. The normalized spacial score (nSPS) is 10.7. The van der Waals surface area contributed by atoms with Crippen molar-refractivity contribution in [1.29, 1.82) is 0 Å². The molecule has 0 spiro atoms. The van der Waals surface area contributed by atoms with Gasteiger partial charge in [-0.3, -0.25) is 9.78 Å². The molecule has 1 N–H and O–H groups in total. The number of anilines is 1. The van der Waals surface area contributed by atoms with Crippen molar-refractivity contribution < 1.29 is 18.8 Å². The average molecular weight is 339 g/mol. The summed E-state index contributed by atoms with van der Waals surface area (Å²) in [6.45, 7) is 5.03. The Morgan fingerprint density at radius 2 is 1.96 bits per heavy atom. The van der Waals surface area contributed by atoms with E-state index >= 15 is 0 Å². The maximum Gasteiger partial charge on any atom is 0.339 e. The van der Waals surface area contributed by atoms with Gasteiger partial charge in [0.2, 0.25) is 0 Å². The largest absolute Gasteiger partial charge is 0.452 e. The molecule has 1 amide bonds. The van der Waals surface area contributed by atoms with Crippen molar-refractivity contribution in [2.45, 2.75) is 20.8 Å². The van der Waals surface area contributed by atoms with Crippen LogP contribution in [0.25, 0.3) is 10.9 Å². The zero-order chi connectivity index (χ0) is 18.0. The first-order valence-corrected chi connectivity index (χ1v) is 7.70. The van der Waals surface area contributed by atoms with Crippen LogP contribution in [-0.2, 0) is 9.53 Å². The average Bonchev–Trinajstić information content (AvgIpc) is 2.97. The molecular formula is C18H17N3O4. The number of rotatable bonds is 4. The van der Waals surface area contributed by atoms with Crippen LogP contribution in [0, 0.1) is 20.8 Å². The van der Waals surface area contributed by atoms with Crippen LogP contribution < -0.4 is 5.32 Å². The van der Waals surface area contributed by atoms with Gasteiger partial charge in [0.05, 0.1) is 11.1 Å². The van der Waals surface area contributed by atoms with E-state index in [1.165, 1.54) is 0 Å². The molecule has 0 bridgehead atoms. The number of esters is 1. The van der Waals surface area contributed by atoms with E-state index in [-0.39, 0.29) is 5.82 Å². The molecule has 0 saturated heterocycles. The molecule has 0 aliphatic carbocycles. The summed E-state index contributed by atoms with van der Waals surface area (Å²) in [5.41, 5.74) is 2.80. The third-order valence-corrected chi connectivity index (χ3v) is 3.54. The van der Waals surface area contributed by atoms with Crippen LogP contribution in [0.1, 0.15) is 27.4 Å². The minimum Gasteiger partial charge on any atom is -0.452 e. The molecule has 0 unspecified atom stereocenters. The van der Waals surface area contributed by atoms with Crippen molar-refractivity contribution >= 4 is 28.6 Å². The van der Waals surface area contributed by atoms with Gasteiger partial charge in [0.1, 0.15) is 5.76 Å². The Balaban J connectivity index is 1.74. The summed E-state index contributed by atoms with van der Waals surface area (Å²) in [7, 11) is 0. The molecule has 128 valence electrons. The van der Waals surface area contributed by atoms with Gasteiger partial charge < -0.3 is 14.6 Å². The number of carbonyl (C=O) groups is 2. The van der Waals surface area contributed by atoms with Crippen LogP contribution in [0.5, 0.6) is 0 Å². The third kappa shape index (κ3) is 3.82. The minimum absolute atomic E-state index is 0.277. The molecule has 7 nitrogen and oxygen atoms in total.